The average molecular weight is 362 g/mol. The first-order valence-electron chi connectivity index (χ1n) is 6.08. The lowest BCUT2D eigenvalue weighted by atomic mass is 9.94. The molecule has 1 atom stereocenters. The third-order valence-corrected chi connectivity index (χ3v) is 3.63. The third-order valence-electron chi connectivity index (χ3n) is 3.18. The molecule has 2 N–H and O–H groups in total. The quantitative estimate of drug-likeness (QED) is 0.751. The molecule has 0 aliphatic rings. The molecule has 0 aromatic heterocycles. The maximum Gasteiger partial charge on any atom is 0.416 e. The molecule has 2 rings (SSSR count). The highest BCUT2D eigenvalue weighted by Crippen LogP contribution is 2.33. The Balaban J connectivity index is 2.42. The van der Waals surface area contributed by atoms with Gasteiger partial charge in [-0.1, -0.05) is 22.0 Å². The smallest absolute Gasteiger partial charge is 0.320 e. The van der Waals surface area contributed by atoms with Crippen LogP contribution in [0.25, 0.3) is 0 Å². The minimum atomic E-state index is -4.39. The first kappa shape index (κ1) is 16.0. The van der Waals surface area contributed by atoms with E-state index in [0.29, 0.717) is 21.2 Å². The van der Waals surface area contributed by atoms with Gasteiger partial charge in [0, 0.05) is 4.47 Å². The fraction of sp³-hybridized carbons (Fsp3) is 0.200. The summed E-state index contributed by atoms with van der Waals surface area (Å²) in [5.74, 6) is -0.459. The van der Waals surface area contributed by atoms with E-state index in [0.717, 1.165) is 12.1 Å². The molecule has 0 aliphatic carbocycles. The van der Waals surface area contributed by atoms with Crippen LogP contribution in [0.2, 0.25) is 0 Å². The fourth-order valence-electron chi connectivity index (χ4n) is 2.14. The van der Waals surface area contributed by atoms with Crippen molar-refractivity contribution in [2.24, 2.45) is 5.73 Å². The molecule has 1 nitrogen and oxygen atoms in total. The number of nitrogens with two attached hydrogens (primary N) is 1. The molecule has 0 spiro atoms. The van der Waals surface area contributed by atoms with E-state index < -0.39 is 23.6 Å². The van der Waals surface area contributed by atoms with Crippen LogP contribution < -0.4 is 5.73 Å². The van der Waals surface area contributed by atoms with Gasteiger partial charge in [-0.25, -0.2) is 4.39 Å². The molecule has 2 aromatic carbocycles. The van der Waals surface area contributed by atoms with E-state index in [2.05, 4.69) is 15.9 Å². The summed E-state index contributed by atoms with van der Waals surface area (Å²) in [4.78, 5) is 0. The SMILES string of the molecule is Cc1cc(C(F)(F)F)ccc1C(N)c1cc(F)cc(Br)c1. The number of hydrogen-bond donors (Lipinski definition) is 1. The Kier molecular flexibility index (Phi) is 4.39. The Morgan fingerprint density at radius 1 is 1.10 bits per heavy atom. The molecule has 0 radical (unpaired) electrons. The second kappa shape index (κ2) is 5.77. The van der Waals surface area contributed by atoms with Crippen LogP contribution >= 0.6 is 15.9 Å². The molecular formula is C15H12BrF4N. The molecule has 0 amide bonds. The van der Waals surface area contributed by atoms with E-state index in [4.69, 9.17) is 5.73 Å². The summed E-state index contributed by atoms with van der Waals surface area (Å²) in [7, 11) is 0. The van der Waals surface area contributed by atoms with Gasteiger partial charge in [-0.2, -0.15) is 13.2 Å². The zero-order valence-electron chi connectivity index (χ0n) is 11.0. The van der Waals surface area contributed by atoms with Crippen molar-refractivity contribution in [1.29, 1.82) is 0 Å². The molecular weight excluding hydrogens is 350 g/mol. The lowest BCUT2D eigenvalue weighted by molar-refractivity contribution is -0.137. The summed E-state index contributed by atoms with van der Waals surface area (Å²) in [5, 5.41) is 0. The molecule has 0 aliphatic heterocycles. The Hall–Kier alpha value is -1.40. The van der Waals surface area contributed by atoms with E-state index in [9.17, 15) is 17.6 Å². The molecule has 112 valence electrons. The third kappa shape index (κ3) is 3.63. The highest BCUT2D eigenvalue weighted by Gasteiger charge is 2.31. The van der Waals surface area contributed by atoms with E-state index in [1.165, 1.54) is 18.2 Å². The normalized spacial score (nSPS) is 13.3. The Morgan fingerprint density at radius 3 is 2.29 bits per heavy atom. The predicted octanol–water partition coefficient (Wildman–Crippen LogP) is 4.96. The Bertz CT molecular complexity index is 647. The van der Waals surface area contributed by atoms with Gasteiger partial charge in [-0.15, -0.1) is 0 Å². The van der Waals surface area contributed by atoms with Crippen molar-refractivity contribution < 1.29 is 17.6 Å². The van der Waals surface area contributed by atoms with Crippen LogP contribution in [-0.4, -0.2) is 0 Å². The summed E-state index contributed by atoms with van der Waals surface area (Å²) in [6.45, 7) is 1.55. The number of rotatable bonds is 2. The monoisotopic (exact) mass is 361 g/mol. The molecule has 0 saturated heterocycles. The van der Waals surface area contributed by atoms with Crippen LogP contribution in [0.1, 0.15) is 28.3 Å². The van der Waals surface area contributed by atoms with Crippen LogP contribution in [0, 0.1) is 12.7 Å². The predicted molar refractivity (Wildman–Crippen MR) is 76.3 cm³/mol. The van der Waals surface area contributed by atoms with Crippen LogP contribution in [0.3, 0.4) is 0 Å². The molecule has 1 unspecified atom stereocenters. The van der Waals surface area contributed by atoms with Crippen LogP contribution in [0.5, 0.6) is 0 Å². The molecule has 2 aromatic rings. The van der Waals surface area contributed by atoms with E-state index >= 15 is 0 Å². The summed E-state index contributed by atoms with van der Waals surface area (Å²) in [6.07, 6.45) is -4.39. The van der Waals surface area contributed by atoms with Gasteiger partial charge in [0.15, 0.2) is 0 Å². The second-order valence-corrected chi connectivity index (χ2v) is 5.67. The lowest BCUT2D eigenvalue weighted by Gasteiger charge is -2.17. The number of benzene rings is 2. The maximum atomic E-state index is 13.4. The van der Waals surface area contributed by atoms with Gasteiger partial charge >= 0.3 is 6.18 Å². The molecule has 0 heterocycles. The second-order valence-electron chi connectivity index (χ2n) is 4.75. The molecule has 0 saturated carbocycles. The van der Waals surface area contributed by atoms with Crippen LogP contribution in [0.4, 0.5) is 17.6 Å². The summed E-state index contributed by atoms with van der Waals surface area (Å²) in [5.41, 5.74) is 6.75. The van der Waals surface area contributed by atoms with Crippen molar-refractivity contribution in [3.63, 3.8) is 0 Å². The van der Waals surface area contributed by atoms with Gasteiger partial charge < -0.3 is 5.73 Å². The molecule has 6 heteroatoms. The largest absolute Gasteiger partial charge is 0.416 e. The number of aryl methyl sites for hydroxylation is 1. The number of halogens is 5. The number of alkyl halides is 3. The molecule has 0 fully saturated rings. The average Bonchev–Trinajstić information content (AvgIpc) is 2.35. The van der Waals surface area contributed by atoms with E-state index in [-0.39, 0.29) is 0 Å². The summed E-state index contributed by atoms with van der Waals surface area (Å²) in [6, 6.07) is 6.87. The zero-order chi connectivity index (χ0) is 15.8. The fourth-order valence-corrected chi connectivity index (χ4v) is 2.62. The van der Waals surface area contributed by atoms with Gasteiger partial charge in [-0.05, 0) is 53.9 Å². The summed E-state index contributed by atoms with van der Waals surface area (Å²) < 4.78 is 51.8. The highest BCUT2D eigenvalue weighted by atomic mass is 79.9. The van der Waals surface area contributed by atoms with Crippen molar-refractivity contribution in [2.45, 2.75) is 19.1 Å². The van der Waals surface area contributed by atoms with Crippen LogP contribution in [-0.2, 0) is 6.18 Å². The maximum absolute atomic E-state index is 13.4. The van der Waals surface area contributed by atoms with Crippen molar-refractivity contribution in [3.8, 4) is 0 Å². The van der Waals surface area contributed by atoms with E-state index in [1.54, 1.807) is 13.0 Å². The summed E-state index contributed by atoms with van der Waals surface area (Å²) >= 11 is 3.17. The molecule has 21 heavy (non-hydrogen) atoms. The number of hydrogen-bond acceptors (Lipinski definition) is 1. The topological polar surface area (TPSA) is 26.0 Å². The minimum Gasteiger partial charge on any atom is -0.320 e. The zero-order valence-corrected chi connectivity index (χ0v) is 12.6. The Morgan fingerprint density at radius 2 is 1.76 bits per heavy atom. The lowest BCUT2D eigenvalue weighted by Crippen LogP contribution is -2.15. The van der Waals surface area contributed by atoms with Gasteiger partial charge in [-0.3, -0.25) is 0 Å². The van der Waals surface area contributed by atoms with Gasteiger partial charge in [0.25, 0.3) is 0 Å². The van der Waals surface area contributed by atoms with E-state index in [1.807, 2.05) is 0 Å². The molecule has 0 bridgehead atoms. The van der Waals surface area contributed by atoms with Crippen molar-refractivity contribution >= 4 is 15.9 Å². The minimum absolute atomic E-state index is 0.415. The highest BCUT2D eigenvalue weighted by molar-refractivity contribution is 9.10. The standard InChI is InChI=1S/C15H12BrF4N/c1-8-4-10(15(18,19)20)2-3-13(8)14(21)9-5-11(16)7-12(17)6-9/h2-7,14H,21H2,1H3. The van der Waals surface area contributed by atoms with Crippen molar-refractivity contribution in [3.05, 3.63) is 68.9 Å². The van der Waals surface area contributed by atoms with Crippen molar-refractivity contribution in [1.82, 2.24) is 0 Å². The first-order valence-corrected chi connectivity index (χ1v) is 6.87. The first-order chi connectivity index (χ1) is 9.68. The Labute approximate surface area is 127 Å². The van der Waals surface area contributed by atoms with Gasteiger partial charge in [0.1, 0.15) is 5.82 Å². The van der Waals surface area contributed by atoms with Gasteiger partial charge in [0.2, 0.25) is 0 Å². The van der Waals surface area contributed by atoms with Crippen molar-refractivity contribution in [2.75, 3.05) is 0 Å². The van der Waals surface area contributed by atoms with Crippen LogP contribution in [0.15, 0.2) is 40.9 Å². The van der Waals surface area contributed by atoms with Gasteiger partial charge in [0.05, 0.1) is 11.6 Å².